The average molecular weight is 757 g/mol. The van der Waals surface area contributed by atoms with E-state index in [1.165, 1.54) is 225 Å². The molecule has 330 valence electrons. The van der Waals surface area contributed by atoms with Crippen molar-refractivity contribution in [1.29, 1.82) is 0 Å². The molecule has 53 heavy (non-hydrogen) atoms. The van der Waals surface area contributed by atoms with E-state index in [0.717, 1.165) is 12.8 Å². The molecular formula is C52H116O. The predicted molar refractivity (Wildman–Crippen MR) is 255 cm³/mol. The van der Waals surface area contributed by atoms with E-state index in [1.807, 2.05) is 0 Å². The van der Waals surface area contributed by atoms with Crippen LogP contribution in [0.25, 0.3) is 0 Å². The van der Waals surface area contributed by atoms with Crippen LogP contribution in [0.4, 0.5) is 0 Å². The Morgan fingerprint density at radius 2 is 0.321 bits per heavy atom. The monoisotopic (exact) mass is 757 g/mol. The van der Waals surface area contributed by atoms with Gasteiger partial charge >= 0.3 is 0 Å². The number of unbranched alkanes of at least 4 members (excludes halogenated alkanes) is 29. The molecule has 0 fully saturated rings. The first-order valence-corrected chi connectivity index (χ1v) is 25.3. The minimum Gasteiger partial charge on any atom is -0.300 e. The van der Waals surface area contributed by atoms with Crippen molar-refractivity contribution in [2.45, 2.75) is 335 Å². The smallest absolute Gasteiger partial charge is 0.129 e. The van der Waals surface area contributed by atoms with E-state index >= 15 is 0 Å². The van der Waals surface area contributed by atoms with Gasteiger partial charge in [0, 0.05) is 6.42 Å². The van der Waals surface area contributed by atoms with Crippen LogP contribution in [0.5, 0.6) is 0 Å². The highest BCUT2D eigenvalue weighted by atomic mass is 16.1. The fourth-order valence-electron chi connectivity index (χ4n) is 5.21. The summed E-state index contributed by atoms with van der Waals surface area (Å²) in [6, 6.07) is 0. The molecule has 0 heterocycles. The molecule has 0 bridgehead atoms. The Kier molecular flexibility index (Phi) is 107. The van der Waals surface area contributed by atoms with Crippen molar-refractivity contribution in [1.82, 2.24) is 0 Å². The second-order valence-corrected chi connectivity index (χ2v) is 15.6. The third-order valence-corrected chi connectivity index (χ3v) is 9.13. The van der Waals surface area contributed by atoms with E-state index in [4.69, 9.17) is 0 Å². The first-order valence-electron chi connectivity index (χ1n) is 25.3. The SMILES string of the molecule is CCCCCCC.CCCCCCC.CCCCCCC.CCCCCCC.CCCCCCC.CCCCCCC.CCCCCCCCC(C)=O. The maximum atomic E-state index is 10.5. The normalized spacial score (nSPS) is 9.55. The molecule has 0 aliphatic carbocycles. The van der Waals surface area contributed by atoms with E-state index in [2.05, 4.69) is 90.0 Å². The van der Waals surface area contributed by atoms with Gasteiger partial charge in [-0.05, 0) is 13.3 Å². The lowest BCUT2D eigenvalue weighted by Gasteiger charge is -1.97. The van der Waals surface area contributed by atoms with Gasteiger partial charge in [-0.1, -0.05) is 315 Å². The molecule has 0 radical (unpaired) electrons. The third kappa shape index (κ3) is 127. The zero-order valence-electron chi connectivity index (χ0n) is 41.1. The van der Waals surface area contributed by atoms with E-state index in [1.54, 1.807) is 6.92 Å². The highest BCUT2D eigenvalue weighted by Crippen LogP contribution is 2.07. The van der Waals surface area contributed by atoms with Crippen molar-refractivity contribution in [3.63, 3.8) is 0 Å². The summed E-state index contributed by atoms with van der Waals surface area (Å²) >= 11 is 0. The minimum atomic E-state index is 0.334. The predicted octanol–water partition coefficient (Wildman–Crippen LogP) is 21.2. The minimum absolute atomic E-state index is 0.334. The second kappa shape index (κ2) is 84.3. The number of hydrogen-bond acceptors (Lipinski definition) is 1. The summed E-state index contributed by atoms with van der Waals surface area (Å²) in [6.45, 7) is 30.8. The van der Waals surface area contributed by atoms with Gasteiger partial charge in [-0.3, -0.25) is 0 Å². The first-order chi connectivity index (χ1) is 25.8. The van der Waals surface area contributed by atoms with Crippen molar-refractivity contribution in [2.24, 2.45) is 0 Å². The van der Waals surface area contributed by atoms with Gasteiger partial charge in [-0.15, -0.1) is 0 Å². The standard InChI is InChI=1S/C10H20O.6C7H16/c1-3-4-5-6-7-8-9-10(2)11;6*1-3-5-7-6-4-2/h3-9H2,1-2H3;6*3-7H2,1-2H3. The van der Waals surface area contributed by atoms with Gasteiger partial charge < -0.3 is 4.79 Å². The van der Waals surface area contributed by atoms with Crippen molar-refractivity contribution < 1.29 is 4.79 Å². The molecule has 0 aromatic carbocycles. The molecule has 0 spiro atoms. The van der Waals surface area contributed by atoms with Gasteiger partial charge in [-0.2, -0.15) is 0 Å². The second-order valence-electron chi connectivity index (χ2n) is 15.6. The Morgan fingerprint density at radius 1 is 0.208 bits per heavy atom. The molecular weight excluding hydrogens is 641 g/mol. The van der Waals surface area contributed by atoms with Crippen LogP contribution in [-0.2, 0) is 4.79 Å². The molecule has 1 heteroatoms. The average Bonchev–Trinajstić information content (AvgIpc) is 3.16. The van der Waals surface area contributed by atoms with Crippen LogP contribution >= 0.6 is 0 Å². The van der Waals surface area contributed by atoms with E-state index < -0.39 is 0 Å². The van der Waals surface area contributed by atoms with Gasteiger partial charge in [0.25, 0.3) is 0 Å². The summed E-state index contributed by atoms with van der Waals surface area (Å²) in [4.78, 5) is 10.5. The summed E-state index contributed by atoms with van der Waals surface area (Å²) in [5.74, 6) is 0.334. The van der Waals surface area contributed by atoms with Crippen LogP contribution in [0.3, 0.4) is 0 Å². The van der Waals surface area contributed by atoms with E-state index in [0.29, 0.717) is 5.78 Å². The summed E-state index contributed by atoms with van der Waals surface area (Å²) in [5, 5.41) is 0. The van der Waals surface area contributed by atoms with Gasteiger partial charge in [0.2, 0.25) is 0 Å². The zero-order valence-corrected chi connectivity index (χ0v) is 41.1. The fourth-order valence-corrected chi connectivity index (χ4v) is 5.21. The zero-order chi connectivity index (χ0) is 41.7. The molecule has 0 aliphatic rings. The Morgan fingerprint density at radius 3 is 0.453 bits per heavy atom. The van der Waals surface area contributed by atoms with Crippen LogP contribution in [0, 0.1) is 0 Å². The molecule has 1 nitrogen and oxygen atoms in total. The van der Waals surface area contributed by atoms with E-state index in [-0.39, 0.29) is 0 Å². The Labute approximate surface area is 344 Å². The summed E-state index contributed by atoms with van der Waals surface area (Å²) in [6.07, 6.45) is 50.5. The highest BCUT2D eigenvalue weighted by Gasteiger charge is 1.93. The van der Waals surface area contributed by atoms with Crippen LogP contribution in [0.2, 0.25) is 0 Å². The van der Waals surface area contributed by atoms with Crippen molar-refractivity contribution >= 4 is 5.78 Å². The molecule has 0 atom stereocenters. The van der Waals surface area contributed by atoms with Crippen LogP contribution in [0.15, 0.2) is 0 Å². The summed E-state index contributed by atoms with van der Waals surface area (Å²) in [5.41, 5.74) is 0. The number of rotatable bonds is 31. The molecule has 0 aromatic rings. The molecule has 0 saturated carbocycles. The number of ketones is 1. The van der Waals surface area contributed by atoms with Crippen LogP contribution < -0.4 is 0 Å². The number of Topliss-reactive ketones (excluding diaryl/α,β-unsaturated/α-hetero) is 1. The molecule has 0 aromatic heterocycles. The van der Waals surface area contributed by atoms with Crippen molar-refractivity contribution in [3.05, 3.63) is 0 Å². The Hall–Kier alpha value is -0.330. The number of hydrogen-bond donors (Lipinski definition) is 0. The Bertz CT molecular complexity index is 368. The summed E-state index contributed by atoms with van der Waals surface area (Å²) in [7, 11) is 0. The van der Waals surface area contributed by atoms with E-state index in [9.17, 15) is 4.79 Å². The third-order valence-electron chi connectivity index (χ3n) is 9.13. The van der Waals surface area contributed by atoms with Gasteiger partial charge in [0.1, 0.15) is 5.78 Å². The van der Waals surface area contributed by atoms with Crippen LogP contribution in [0.1, 0.15) is 335 Å². The fraction of sp³-hybridized carbons (Fsp3) is 0.981. The maximum absolute atomic E-state index is 10.5. The van der Waals surface area contributed by atoms with Crippen molar-refractivity contribution in [3.8, 4) is 0 Å². The molecule has 0 aliphatic heterocycles. The molecule has 0 saturated heterocycles. The number of carbonyl (C=O) groups is 1. The van der Waals surface area contributed by atoms with Crippen LogP contribution in [-0.4, -0.2) is 5.78 Å². The quantitative estimate of drug-likeness (QED) is 0.0644. The molecule has 0 amide bonds. The lowest BCUT2D eigenvalue weighted by molar-refractivity contribution is -0.117. The maximum Gasteiger partial charge on any atom is 0.129 e. The van der Waals surface area contributed by atoms with Gasteiger partial charge in [0.05, 0.1) is 0 Å². The lowest BCUT2D eigenvalue weighted by atomic mass is 10.1. The topological polar surface area (TPSA) is 17.1 Å². The lowest BCUT2D eigenvalue weighted by Crippen LogP contribution is -1.88. The highest BCUT2D eigenvalue weighted by molar-refractivity contribution is 5.75. The Balaban J connectivity index is -0.0000000939. The van der Waals surface area contributed by atoms with Gasteiger partial charge in [0.15, 0.2) is 0 Å². The van der Waals surface area contributed by atoms with Gasteiger partial charge in [-0.25, -0.2) is 0 Å². The van der Waals surface area contributed by atoms with Crippen molar-refractivity contribution in [2.75, 3.05) is 0 Å². The number of carbonyl (C=O) groups excluding carboxylic acids is 1. The largest absolute Gasteiger partial charge is 0.300 e. The molecule has 0 N–H and O–H groups in total. The molecule has 0 unspecified atom stereocenters. The first kappa shape index (κ1) is 67.4. The summed E-state index contributed by atoms with van der Waals surface area (Å²) < 4.78 is 0. The molecule has 0 rings (SSSR count).